The Morgan fingerprint density at radius 3 is 2.25 bits per heavy atom. The van der Waals surface area contributed by atoms with Crippen LogP contribution in [0.5, 0.6) is 0 Å². The minimum Gasteiger partial charge on any atom is -0.445 e. The molecule has 1 fully saturated rings. The smallest absolute Gasteiger partial charge is 0.408 e. The molecule has 7 heteroatoms. The summed E-state index contributed by atoms with van der Waals surface area (Å²) in [7, 11) is 0. The van der Waals surface area contributed by atoms with Gasteiger partial charge < -0.3 is 20.3 Å². The number of amides is 3. The summed E-state index contributed by atoms with van der Waals surface area (Å²) < 4.78 is 5.14. The number of nitrogens with zero attached hydrogens (tertiary/aromatic N) is 1. The fourth-order valence-corrected chi connectivity index (χ4v) is 3.11. The first-order valence-electron chi connectivity index (χ1n) is 9.95. The second-order valence-corrected chi connectivity index (χ2v) is 7.54. The molecule has 0 saturated carbocycles. The minimum absolute atomic E-state index is 0.0457. The number of carbonyl (C=O) groups is 3. The van der Waals surface area contributed by atoms with Gasteiger partial charge in [-0.05, 0) is 37.7 Å². The first-order valence-corrected chi connectivity index (χ1v) is 9.95. The zero-order chi connectivity index (χ0) is 20.5. The summed E-state index contributed by atoms with van der Waals surface area (Å²) >= 11 is 0. The zero-order valence-electron chi connectivity index (χ0n) is 16.9. The van der Waals surface area contributed by atoms with Crippen molar-refractivity contribution in [2.24, 2.45) is 5.92 Å². The molecule has 2 N–H and O–H groups in total. The van der Waals surface area contributed by atoms with Crippen molar-refractivity contribution < 1.29 is 19.1 Å². The fourth-order valence-electron chi connectivity index (χ4n) is 3.11. The van der Waals surface area contributed by atoms with Crippen molar-refractivity contribution in [2.45, 2.75) is 58.7 Å². The summed E-state index contributed by atoms with van der Waals surface area (Å²) in [5.74, 6) is -0.502. The van der Waals surface area contributed by atoms with Crippen LogP contribution in [-0.2, 0) is 20.9 Å². The molecule has 1 saturated heterocycles. The lowest BCUT2D eigenvalue weighted by molar-refractivity contribution is -0.138. The Morgan fingerprint density at radius 1 is 1.00 bits per heavy atom. The van der Waals surface area contributed by atoms with E-state index in [0.29, 0.717) is 0 Å². The van der Waals surface area contributed by atoms with Gasteiger partial charge in [0.25, 0.3) is 0 Å². The number of ether oxygens (including phenoxy) is 1. The third kappa shape index (κ3) is 6.55. The van der Waals surface area contributed by atoms with Gasteiger partial charge in [-0.15, -0.1) is 0 Å². The van der Waals surface area contributed by atoms with E-state index in [1.54, 1.807) is 6.92 Å². The van der Waals surface area contributed by atoms with E-state index in [1.807, 2.05) is 49.1 Å². The minimum atomic E-state index is -0.807. The molecule has 0 radical (unpaired) electrons. The van der Waals surface area contributed by atoms with Gasteiger partial charge in [-0.3, -0.25) is 9.59 Å². The van der Waals surface area contributed by atoms with Gasteiger partial charge in [-0.1, -0.05) is 44.2 Å². The molecule has 0 spiro atoms. The maximum atomic E-state index is 12.8. The van der Waals surface area contributed by atoms with Crippen LogP contribution < -0.4 is 10.6 Å². The highest BCUT2D eigenvalue weighted by Gasteiger charge is 2.30. The molecule has 0 bridgehead atoms. The van der Waals surface area contributed by atoms with E-state index in [9.17, 15) is 14.4 Å². The van der Waals surface area contributed by atoms with E-state index in [1.165, 1.54) is 0 Å². The number of hydrogen-bond donors (Lipinski definition) is 2. The quantitative estimate of drug-likeness (QED) is 0.750. The van der Waals surface area contributed by atoms with E-state index in [0.717, 1.165) is 37.9 Å². The Hall–Kier alpha value is -2.57. The Labute approximate surface area is 166 Å². The molecule has 1 aliphatic heterocycles. The average Bonchev–Trinajstić information content (AvgIpc) is 2.71. The molecule has 28 heavy (non-hydrogen) atoms. The lowest BCUT2D eigenvalue weighted by Gasteiger charge is -2.32. The Morgan fingerprint density at radius 2 is 1.64 bits per heavy atom. The number of alkyl carbamates (subject to hydrolysis) is 1. The van der Waals surface area contributed by atoms with E-state index in [-0.39, 0.29) is 18.4 Å². The van der Waals surface area contributed by atoms with Crippen molar-refractivity contribution in [3.8, 4) is 0 Å². The molecular weight excluding hydrogens is 358 g/mol. The Kier molecular flexibility index (Phi) is 8.29. The van der Waals surface area contributed by atoms with Gasteiger partial charge in [-0.25, -0.2) is 4.79 Å². The molecule has 1 heterocycles. The molecule has 2 rings (SSSR count). The van der Waals surface area contributed by atoms with Crippen molar-refractivity contribution in [3.63, 3.8) is 0 Å². The summed E-state index contributed by atoms with van der Waals surface area (Å²) in [4.78, 5) is 39.0. The van der Waals surface area contributed by atoms with Crippen LogP contribution in [0.1, 0.15) is 45.6 Å². The van der Waals surface area contributed by atoms with Crippen LogP contribution in [0.25, 0.3) is 0 Å². The lowest BCUT2D eigenvalue weighted by atomic mass is 10.0. The van der Waals surface area contributed by atoms with E-state index >= 15 is 0 Å². The monoisotopic (exact) mass is 389 g/mol. The number of carbonyl (C=O) groups excluding carboxylic acids is 3. The normalized spacial score (nSPS) is 16.2. The van der Waals surface area contributed by atoms with Crippen molar-refractivity contribution >= 4 is 17.9 Å². The molecule has 3 amide bonds. The van der Waals surface area contributed by atoms with Crippen molar-refractivity contribution in [1.29, 1.82) is 0 Å². The zero-order valence-corrected chi connectivity index (χ0v) is 16.9. The lowest BCUT2D eigenvalue weighted by Crippen LogP contribution is -2.56. The molecule has 154 valence electrons. The van der Waals surface area contributed by atoms with Crippen molar-refractivity contribution in [3.05, 3.63) is 35.9 Å². The van der Waals surface area contributed by atoms with Crippen LogP contribution in [0.3, 0.4) is 0 Å². The van der Waals surface area contributed by atoms with Gasteiger partial charge in [-0.2, -0.15) is 0 Å². The predicted molar refractivity (Wildman–Crippen MR) is 106 cm³/mol. The van der Waals surface area contributed by atoms with Crippen LogP contribution in [0.4, 0.5) is 4.79 Å². The third-order valence-corrected chi connectivity index (χ3v) is 4.84. The van der Waals surface area contributed by atoms with E-state index in [2.05, 4.69) is 10.6 Å². The van der Waals surface area contributed by atoms with E-state index in [4.69, 9.17) is 4.74 Å². The molecule has 0 unspecified atom stereocenters. The summed E-state index contributed by atoms with van der Waals surface area (Å²) in [6.07, 6.45) is 2.45. The Balaban J connectivity index is 1.84. The standard InChI is InChI=1S/C21H31N3O4/c1-15(2)18(20(26)24-12-8-5-9-13-24)23-19(25)16(3)22-21(27)28-14-17-10-6-4-7-11-17/h4,6-7,10-11,15-16,18H,5,8-9,12-14H2,1-3H3,(H,22,27)(H,23,25)/t16-,18-/m0/s1. The maximum absolute atomic E-state index is 12.8. The highest BCUT2D eigenvalue weighted by Crippen LogP contribution is 2.13. The highest BCUT2D eigenvalue weighted by atomic mass is 16.5. The molecule has 0 aromatic heterocycles. The second-order valence-electron chi connectivity index (χ2n) is 7.54. The molecule has 1 aromatic carbocycles. The summed E-state index contributed by atoms with van der Waals surface area (Å²) in [5, 5.41) is 5.31. The number of likely N-dealkylation sites (tertiary alicyclic amines) is 1. The second kappa shape index (κ2) is 10.7. The molecule has 1 aromatic rings. The number of hydrogen-bond acceptors (Lipinski definition) is 4. The van der Waals surface area contributed by atoms with Crippen molar-refractivity contribution in [2.75, 3.05) is 13.1 Å². The first-order chi connectivity index (χ1) is 13.4. The maximum Gasteiger partial charge on any atom is 0.408 e. The number of benzene rings is 1. The molecule has 2 atom stereocenters. The first kappa shape index (κ1) is 21.7. The third-order valence-electron chi connectivity index (χ3n) is 4.84. The van der Waals surface area contributed by atoms with Gasteiger partial charge in [0.2, 0.25) is 11.8 Å². The highest BCUT2D eigenvalue weighted by molar-refractivity contribution is 5.91. The summed E-state index contributed by atoms with van der Waals surface area (Å²) in [5.41, 5.74) is 0.863. The van der Waals surface area contributed by atoms with Gasteiger partial charge in [0.05, 0.1) is 0 Å². The number of rotatable bonds is 7. The van der Waals surface area contributed by atoms with Gasteiger partial charge >= 0.3 is 6.09 Å². The molecular formula is C21H31N3O4. The number of piperidine rings is 1. The van der Waals surface area contributed by atoms with Gasteiger partial charge in [0, 0.05) is 13.1 Å². The Bertz CT molecular complexity index is 657. The topological polar surface area (TPSA) is 87.7 Å². The largest absolute Gasteiger partial charge is 0.445 e. The SMILES string of the molecule is CC(C)[C@H](NC(=O)[C@H](C)NC(=O)OCc1ccccc1)C(=O)N1CCCCC1. The summed E-state index contributed by atoms with van der Waals surface area (Å²) in [6.45, 7) is 6.97. The molecule has 7 nitrogen and oxygen atoms in total. The predicted octanol–water partition coefficient (Wildman–Crippen LogP) is 2.45. The average molecular weight is 389 g/mol. The van der Waals surface area contributed by atoms with Crippen LogP contribution in [0.15, 0.2) is 30.3 Å². The van der Waals surface area contributed by atoms with Crippen LogP contribution in [0, 0.1) is 5.92 Å². The van der Waals surface area contributed by atoms with Crippen LogP contribution in [0.2, 0.25) is 0 Å². The van der Waals surface area contributed by atoms with Gasteiger partial charge in [0.15, 0.2) is 0 Å². The molecule has 0 aliphatic carbocycles. The van der Waals surface area contributed by atoms with Crippen molar-refractivity contribution in [1.82, 2.24) is 15.5 Å². The van der Waals surface area contributed by atoms with Gasteiger partial charge in [0.1, 0.15) is 18.7 Å². The van der Waals surface area contributed by atoms with Crippen LogP contribution >= 0.6 is 0 Å². The van der Waals surface area contributed by atoms with E-state index < -0.39 is 24.1 Å². The van der Waals surface area contributed by atoms with Crippen LogP contribution in [-0.4, -0.2) is 48.0 Å². The summed E-state index contributed by atoms with van der Waals surface area (Å²) in [6, 6.07) is 7.89. The fraction of sp³-hybridized carbons (Fsp3) is 0.571. The molecule has 1 aliphatic rings. The number of nitrogens with one attached hydrogen (secondary N) is 2.